The van der Waals surface area contributed by atoms with Crippen LogP contribution in [0.25, 0.3) is 0 Å². The highest BCUT2D eigenvalue weighted by Crippen LogP contribution is 2.02. The Bertz CT molecular complexity index is 576. The number of hydrogen-bond donors (Lipinski definition) is 8. The molecule has 0 unspecified atom stereocenters. The number of aliphatic hydroxyl groups is 1. The molecular formula is C14H27N7O6. The van der Waals surface area contributed by atoms with E-state index in [9.17, 15) is 29.4 Å². The Kier molecular flexibility index (Phi) is 10.4. The molecule has 0 radical (unpaired) electrons. The highest BCUT2D eigenvalue weighted by atomic mass is 16.4. The largest absolute Gasteiger partial charge is 0.480 e. The topological polar surface area (TPSA) is 249 Å². The maximum Gasteiger partial charge on any atom is 0.326 e. The highest BCUT2D eigenvalue weighted by molar-refractivity contribution is 5.94. The zero-order valence-electron chi connectivity index (χ0n) is 14.9. The Morgan fingerprint density at radius 2 is 1.59 bits per heavy atom. The summed E-state index contributed by atoms with van der Waals surface area (Å²) in [7, 11) is 0. The number of carbonyl (C=O) groups excluding carboxylic acids is 3. The average molecular weight is 389 g/mol. The van der Waals surface area contributed by atoms with E-state index in [2.05, 4.69) is 15.6 Å². The first-order valence-electron chi connectivity index (χ1n) is 8.06. The van der Waals surface area contributed by atoms with Gasteiger partial charge in [-0.25, -0.2) is 4.79 Å². The number of aliphatic carboxylic acids is 1. The molecule has 0 bridgehead atoms. The van der Waals surface area contributed by atoms with Crippen molar-refractivity contribution in [1.82, 2.24) is 10.6 Å². The fourth-order valence-electron chi connectivity index (χ4n) is 1.93. The number of rotatable bonds is 12. The molecule has 0 heterocycles. The number of guanidine groups is 1. The molecular weight excluding hydrogens is 362 g/mol. The summed E-state index contributed by atoms with van der Waals surface area (Å²) in [4.78, 5) is 50.3. The van der Waals surface area contributed by atoms with Crippen LogP contribution in [-0.4, -0.2) is 70.6 Å². The predicted octanol–water partition coefficient (Wildman–Crippen LogP) is -4.32. The minimum absolute atomic E-state index is 0.00226. The third kappa shape index (κ3) is 9.96. The predicted molar refractivity (Wildman–Crippen MR) is 94.9 cm³/mol. The van der Waals surface area contributed by atoms with Crippen molar-refractivity contribution in [2.75, 3.05) is 6.54 Å². The van der Waals surface area contributed by atoms with E-state index >= 15 is 0 Å². The third-order valence-electron chi connectivity index (χ3n) is 3.42. The molecule has 0 aromatic heterocycles. The van der Waals surface area contributed by atoms with Crippen molar-refractivity contribution in [3.8, 4) is 0 Å². The number of carbonyl (C=O) groups is 4. The van der Waals surface area contributed by atoms with E-state index in [4.69, 9.17) is 22.9 Å². The summed E-state index contributed by atoms with van der Waals surface area (Å²) in [5.41, 5.74) is 20.8. The maximum absolute atomic E-state index is 12.3. The number of hydrogen-bond acceptors (Lipinski definition) is 7. The van der Waals surface area contributed by atoms with Crippen molar-refractivity contribution in [2.24, 2.45) is 27.9 Å². The fourth-order valence-corrected chi connectivity index (χ4v) is 1.93. The van der Waals surface area contributed by atoms with Crippen molar-refractivity contribution in [2.45, 2.75) is 50.4 Å². The van der Waals surface area contributed by atoms with Gasteiger partial charge in [0.2, 0.25) is 17.7 Å². The molecule has 0 aromatic rings. The molecule has 0 rings (SSSR count). The van der Waals surface area contributed by atoms with E-state index < -0.39 is 54.3 Å². The van der Waals surface area contributed by atoms with E-state index in [-0.39, 0.29) is 25.3 Å². The Morgan fingerprint density at radius 3 is 2.04 bits per heavy atom. The second-order valence-corrected chi connectivity index (χ2v) is 5.85. The van der Waals surface area contributed by atoms with E-state index in [0.29, 0.717) is 0 Å². The first-order valence-corrected chi connectivity index (χ1v) is 8.06. The number of nitrogens with two attached hydrogens (primary N) is 4. The van der Waals surface area contributed by atoms with Crippen LogP contribution in [0.4, 0.5) is 0 Å². The Hall–Kier alpha value is -2.93. The molecule has 0 aliphatic carbocycles. The smallest absolute Gasteiger partial charge is 0.326 e. The number of primary amides is 1. The van der Waals surface area contributed by atoms with E-state index in [1.54, 1.807) is 0 Å². The summed E-state index contributed by atoms with van der Waals surface area (Å²) in [5, 5.41) is 22.9. The zero-order valence-corrected chi connectivity index (χ0v) is 14.9. The first-order chi connectivity index (χ1) is 12.5. The molecule has 0 spiro atoms. The number of carboxylic acid groups (broad SMARTS) is 1. The molecule has 0 fully saturated rings. The molecule has 0 saturated carbocycles. The van der Waals surface area contributed by atoms with Crippen molar-refractivity contribution in [3.05, 3.63) is 0 Å². The number of nitrogens with one attached hydrogen (secondary N) is 2. The van der Waals surface area contributed by atoms with Gasteiger partial charge in [0.15, 0.2) is 5.96 Å². The molecule has 154 valence electrons. The first kappa shape index (κ1) is 24.1. The molecule has 0 saturated heterocycles. The van der Waals surface area contributed by atoms with Crippen LogP contribution >= 0.6 is 0 Å². The van der Waals surface area contributed by atoms with Crippen molar-refractivity contribution in [1.29, 1.82) is 0 Å². The van der Waals surface area contributed by atoms with Gasteiger partial charge in [0.25, 0.3) is 0 Å². The minimum Gasteiger partial charge on any atom is -0.480 e. The van der Waals surface area contributed by atoms with Gasteiger partial charge in [0.1, 0.15) is 18.1 Å². The molecule has 27 heavy (non-hydrogen) atoms. The molecule has 0 aliphatic heterocycles. The summed E-state index contributed by atoms with van der Waals surface area (Å²) in [6.07, 6.45) is -1.52. The van der Waals surface area contributed by atoms with E-state index in [0.717, 1.165) is 0 Å². The number of amides is 3. The Balaban J connectivity index is 5.01. The van der Waals surface area contributed by atoms with Crippen LogP contribution in [0, 0.1) is 0 Å². The van der Waals surface area contributed by atoms with Crippen LogP contribution in [0.3, 0.4) is 0 Å². The van der Waals surface area contributed by atoms with Gasteiger partial charge in [-0.05, 0) is 19.8 Å². The van der Waals surface area contributed by atoms with Gasteiger partial charge in [0.05, 0.1) is 12.5 Å². The van der Waals surface area contributed by atoms with Crippen LogP contribution in [-0.2, 0) is 19.2 Å². The Labute approximate surface area is 155 Å². The van der Waals surface area contributed by atoms with E-state index in [1.165, 1.54) is 6.92 Å². The third-order valence-corrected chi connectivity index (χ3v) is 3.42. The van der Waals surface area contributed by atoms with Crippen molar-refractivity contribution >= 4 is 29.7 Å². The number of nitrogens with zero attached hydrogens (tertiary/aromatic N) is 1. The van der Waals surface area contributed by atoms with Gasteiger partial charge in [-0.15, -0.1) is 0 Å². The summed E-state index contributed by atoms with van der Waals surface area (Å²) >= 11 is 0. The monoisotopic (exact) mass is 389 g/mol. The lowest BCUT2D eigenvalue weighted by Crippen LogP contribution is -2.57. The molecule has 12 N–H and O–H groups in total. The standard InChI is InChI=1S/C14H27N7O6/c1-6(22)10(16)12(25)21-8(5-9(15)23)11(24)20-7(13(26)27)3-2-4-19-14(17)18/h6-8,10,22H,2-5,16H2,1H3,(H2,15,23)(H,20,24)(H,21,25)(H,26,27)(H4,17,18,19)/t6-,7+,8+,10+/m1/s1. The number of aliphatic imine (C=N–C) groups is 1. The van der Waals surface area contributed by atoms with Gasteiger partial charge in [0, 0.05) is 6.54 Å². The molecule has 13 nitrogen and oxygen atoms in total. The molecule has 4 atom stereocenters. The molecule has 3 amide bonds. The fraction of sp³-hybridized carbons (Fsp3) is 0.643. The summed E-state index contributed by atoms with van der Waals surface area (Å²) in [6.45, 7) is 1.43. The van der Waals surface area contributed by atoms with Gasteiger partial charge in [-0.2, -0.15) is 0 Å². The second-order valence-electron chi connectivity index (χ2n) is 5.85. The van der Waals surface area contributed by atoms with Gasteiger partial charge in [-0.1, -0.05) is 0 Å². The van der Waals surface area contributed by atoms with Crippen molar-refractivity contribution in [3.63, 3.8) is 0 Å². The highest BCUT2D eigenvalue weighted by Gasteiger charge is 2.29. The lowest BCUT2D eigenvalue weighted by Gasteiger charge is -2.22. The van der Waals surface area contributed by atoms with E-state index in [1.807, 2.05) is 0 Å². The van der Waals surface area contributed by atoms with Crippen LogP contribution in [0.1, 0.15) is 26.2 Å². The molecule has 0 aliphatic rings. The number of carboxylic acids is 1. The summed E-state index contributed by atoms with van der Waals surface area (Å²) in [5.74, 6) is -4.21. The van der Waals surface area contributed by atoms with Crippen LogP contribution in [0.15, 0.2) is 4.99 Å². The zero-order chi connectivity index (χ0) is 21.1. The number of aliphatic hydroxyl groups excluding tert-OH is 1. The van der Waals surface area contributed by atoms with Crippen molar-refractivity contribution < 1.29 is 29.4 Å². The normalized spacial score (nSPS) is 14.9. The van der Waals surface area contributed by atoms with Gasteiger partial charge in [-0.3, -0.25) is 19.4 Å². The second kappa shape index (κ2) is 11.6. The van der Waals surface area contributed by atoms with Gasteiger partial charge >= 0.3 is 5.97 Å². The van der Waals surface area contributed by atoms with Gasteiger partial charge < -0.3 is 43.8 Å². The Morgan fingerprint density at radius 1 is 1.04 bits per heavy atom. The van der Waals surface area contributed by atoms with Crippen LogP contribution in [0.2, 0.25) is 0 Å². The summed E-state index contributed by atoms with van der Waals surface area (Å²) < 4.78 is 0. The molecule has 0 aromatic carbocycles. The SMILES string of the molecule is C[C@@H](O)[C@H](N)C(=O)N[C@@H](CC(N)=O)C(=O)N[C@@H](CCCN=C(N)N)C(=O)O. The minimum atomic E-state index is -1.45. The van der Waals surface area contributed by atoms with Crippen LogP contribution < -0.4 is 33.6 Å². The quantitative estimate of drug-likeness (QED) is 0.0911. The average Bonchev–Trinajstić information content (AvgIpc) is 2.54. The summed E-state index contributed by atoms with van der Waals surface area (Å²) in [6, 6.07) is -4.09. The lowest BCUT2D eigenvalue weighted by molar-refractivity contribution is -0.142. The van der Waals surface area contributed by atoms with Crippen LogP contribution in [0.5, 0.6) is 0 Å². The molecule has 13 heteroatoms. The maximum atomic E-state index is 12.3. The lowest BCUT2D eigenvalue weighted by atomic mass is 10.1.